The summed E-state index contributed by atoms with van der Waals surface area (Å²) in [4.78, 5) is 36.7. The molecular formula is C21H18N2O5. The molecule has 0 atom stereocenters. The van der Waals surface area contributed by atoms with Crippen molar-refractivity contribution in [1.82, 2.24) is 5.32 Å². The van der Waals surface area contributed by atoms with Crippen molar-refractivity contribution in [2.45, 2.75) is 6.54 Å². The van der Waals surface area contributed by atoms with Gasteiger partial charge in [-0.05, 0) is 42.5 Å². The number of hydrogen-bond acceptors (Lipinski definition) is 5. The molecule has 0 saturated heterocycles. The first kappa shape index (κ1) is 18.9. The van der Waals surface area contributed by atoms with Crippen LogP contribution < -0.4 is 10.6 Å². The third-order valence-electron chi connectivity index (χ3n) is 3.97. The number of amides is 2. The highest BCUT2D eigenvalue weighted by atomic mass is 16.5. The lowest BCUT2D eigenvalue weighted by molar-refractivity contribution is 0.0600. The van der Waals surface area contributed by atoms with Gasteiger partial charge in [0.25, 0.3) is 11.8 Å². The predicted octanol–water partition coefficient (Wildman–Crippen LogP) is 3.25. The number of nitrogens with one attached hydrogen (secondary N) is 2. The fraction of sp³-hybridized carbons (Fsp3) is 0.0952. The maximum absolute atomic E-state index is 12.6. The molecule has 3 rings (SSSR count). The van der Waals surface area contributed by atoms with Crippen molar-refractivity contribution >= 4 is 23.5 Å². The summed E-state index contributed by atoms with van der Waals surface area (Å²) in [6, 6.07) is 16.3. The molecule has 7 nitrogen and oxygen atoms in total. The molecule has 2 amide bonds. The second-order valence-corrected chi connectivity index (χ2v) is 5.83. The molecule has 0 saturated carbocycles. The molecule has 7 heteroatoms. The standard InChI is InChI=1S/C21H18N2O5/c1-27-21(26)15-7-4-6-14(12-15)19(24)23-18-10-3-2-9-17(18)20(25)22-13-16-8-5-11-28-16/h2-12H,13H2,1H3,(H,22,25)(H,23,24). The van der Waals surface area contributed by atoms with E-state index >= 15 is 0 Å². The number of anilines is 1. The molecule has 3 aromatic rings. The van der Waals surface area contributed by atoms with E-state index in [4.69, 9.17) is 4.42 Å². The number of ether oxygens (including phenoxy) is 1. The fourth-order valence-corrected chi connectivity index (χ4v) is 2.57. The van der Waals surface area contributed by atoms with Crippen molar-refractivity contribution in [1.29, 1.82) is 0 Å². The lowest BCUT2D eigenvalue weighted by Crippen LogP contribution is -2.24. The summed E-state index contributed by atoms with van der Waals surface area (Å²) < 4.78 is 9.86. The smallest absolute Gasteiger partial charge is 0.337 e. The van der Waals surface area contributed by atoms with Crippen LogP contribution in [0.4, 0.5) is 5.69 Å². The number of carbonyl (C=O) groups is 3. The molecule has 0 aliphatic carbocycles. The van der Waals surface area contributed by atoms with Crippen LogP contribution in [0.1, 0.15) is 36.8 Å². The quantitative estimate of drug-likeness (QED) is 0.642. The van der Waals surface area contributed by atoms with Gasteiger partial charge < -0.3 is 19.8 Å². The van der Waals surface area contributed by atoms with Crippen LogP contribution in [0.3, 0.4) is 0 Å². The second-order valence-electron chi connectivity index (χ2n) is 5.83. The average Bonchev–Trinajstić information content (AvgIpc) is 3.25. The maximum atomic E-state index is 12.6. The highest BCUT2D eigenvalue weighted by Crippen LogP contribution is 2.17. The first-order chi connectivity index (χ1) is 13.6. The summed E-state index contributed by atoms with van der Waals surface area (Å²) >= 11 is 0. The zero-order valence-electron chi connectivity index (χ0n) is 15.1. The molecule has 0 aliphatic heterocycles. The van der Waals surface area contributed by atoms with E-state index in [9.17, 15) is 14.4 Å². The van der Waals surface area contributed by atoms with E-state index in [1.807, 2.05) is 0 Å². The molecule has 0 unspecified atom stereocenters. The lowest BCUT2D eigenvalue weighted by atomic mass is 10.1. The van der Waals surface area contributed by atoms with E-state index in [0.29, 0.717) is 17.0 Å². The van der Waals surface area contributed by atoms with Gasteiger partial charge in [-0.1, -0.05) is 18.2 Å². The Morgan fingerprint density at radius 1 is 0.929 bits per heavy atom. The molecule has 2 aromatic carbocycles. The van der Waals surface area contributed by atoms with Crippen LogP contribution in [0.5, 0.6) is 0 Å². The van der Waals surface area contributed by atoms with E-state index in [1.165, 1.54) is 19.4 Å². The van der Waals surface area contributed by atoms with Gasteiger partial charge in [-0.25, -0.2) is 4.79 Å². The second kappa shape index (κ2) is 8.68. The molecule has 0 bridgehead atoms. The molecular weight excluding hydrogens is 360 g/mol. The van der Waals surface area contributed by atoms with Gasteiger partial charge in [0.05, 0.1) is 36.7 Å². The van der Waals surface area contributed by atoms with Gasteiger partial charge in [0.1, 0.15) is 5.76 Å². The number of esters is 1. The van der Waals surface area contributed by atoms with E-state index in [2.05, 4.69) is 15.4 Å². The Kier molecular flexibility index (Phi) is 5.86. The number of furan rings is 1. The van der Waals surface area contributed by atoms with Crippen LogP contribution >= 0.6 is 0 Å². The number of rotatable bonds is 6. The largest absolute Gasteiger partial charge is 0.467 e. The van der Waals surface area contributed by atoms with Gasteiger partial charge in [-0.15, -0.1) is 0 Å². The molecule has 1 aromatic heterocycles. The SMILES string of the molecule is COC(=O)c1cccc(C(=O)Nc2ccccc2C(=O)NCc2ccco2)c1. The van der Waals surface area contributed by atoms with Crippen LogP contribution in [0.15, 0.2) is 71.3 Å². The van der Waals surface area contributed by atoms with Crippen LogP contribution in [0.2, 0.25) is 0 Å². The zero-order valence-corrected chi connectivity index (χ0v) is 15.1. The van der Waals surface area contributed by atoms with Crippen molar-refractivity contribution in [2.24, 2.45) is 0 Å². The molecule has 0 radical (unpaired) electrons. The summed E-state index contributed by atoms with van der Waals surface area (Å²) in [5.74, 6) is -0.713. The summed E-state index contributed by atoms with van der Waals surface area (Å²) in [6.07, 6.45) is 1.53. The predicted molar refractivity (Wildman–Crippen MR) is 102 cm³/mol. The molecule has 0 fully saturated rings. The Hall–Kier alpha value is -3.87. The van der Waals surface area contributed by atoms with Gasteiger partial charge in [-0.3, -0.25) is 9.59 Å². The monoisotopic (exact) mass is 378 g/mol. The molecule has 142 valence electrons. The number of carbonyl (C=O) groups excluding carboxylic acids is 3. The van der Waals surface area contributed by atoms with Crippen molar-refractivity contribution in [3.05, 3.63) is 89.4 Å². The number of para-hydroxylation sites is 1. The fourth-order valence-electron chi connectivity index (χ4n) is 2.57. The molecule has 1 heterocycles. The van der Waals surface area contributed by atoms with Gasteiger partial charge in [0.2, 0.25) is 0 Å². The van der Waals surface area contributed by atoms with Gasteiger partial charge in [-0.2, -0.15) is 0 Å². The lowest BCUT2D eigenvalue weighted by Gasteiger charge is -2.11. The summed E-state index contributed by atoms with van der Waals surface area (Å²) in [5.41, 5.74) is 1.20. The third-order valence-corrected chi connectivity index (χ3v) is 3.97. The summed E-state index contributed by atoms with van der Waals surface area (Å²) in [7, 11) is 1.27. The number of methoxy groups -OCH3 is 1. The van der Waals surface area contributed by atoms with E-state index in [-0.39, 0.29) is 23.6 Å². The van der Waals surface area contributed by atoms with Gasteiger partial charge >= 0.3 is 5.97 Å². The Labute approximate surface area is 161 Å². The highest BCUT2D eigenvalue weighted by Gasteiger charge is 2.15. The molecule has 0 spiro atoms. The van der Waals surface area contributed by atoms with Crippen LogP contribution in [0, 0.1) is 0 Å². The maximum Gasteiger partial charge on any atom is 0.337 e. The number of benzene rings is 2. The minimum atomic E-state index is -0.535. The van der Waals surface area contributed by atoms with Crippen molar-refractivity contribution in [3.8, 4) is 0 Å². The molecule has 28 heavy (non-hydrogen) atoms. The minimum absolute atomic E-state index is 0.231. The Balaban J connectivity index is 1.75. The van der Waals surface area contributed by atoms with Crippen molar-refractivity contribution in [3.63, 3.8) is 0 Å². The van der Waals surface area contributed by atoms with E-state index in [0.717, 1.165) is 0 Å². The summed E-state index contributed by atoms with van der Waals surface area (Å²) in [5, 5.41) is 5.45. The van der Waals surface area contributed by atoms with Gasteiger partial charge in [0.15, 0.2) is 0 Å². The molecule has 2 N–H and O–H groups in total. The zero-order chi connectivity index (χ0) is 19.9. The Morgan fingerprint density at radius 2 is 1.71 bits per heavy atom. The average molecular weight is 378 g/mol. The first-order valence-electron chi connectivity index (χ1n) is 8.48. The van der Waals surface area contributed by atoms with Crippen LogP contribution in [0.25, 0.3) is 0 Å². The normalized spacial score (nSPS) is 10.2. The van der Waals surface area contributed by atoms with Crippen molar-refractivity contribution < 1.29 is 23.5 Å². The minimum Gasteiger partial charge on any atom is -0.467 e. The van der Waals surface area contributed by atoms with Crippen LogP contribution in [-0.4, -0.2) is 24.9 Å². The number of hydrogen-bond donors (Lipinski definition) is 2. The Bertz CT molecular complexity index is 996. The van der Waals surface area contributed by atoms with Crippen LogP contribution in [-0.2, 0) is 11.3 Å². The Morgan fingerprint density at radius 3 is 2.46 bits per heavy atom. The van der Waals surface area contributed by atoms with E-state index < -0.39 is 11.9 Å². The van der Waals surface area contributed by atoms with E-state index in [1.54, 1.807) is 54.6 Å². The highest BCUT2D eigenvalue weighted by molar-refractivity contribution is 6.09. The topological polar surface area (TPSA) is 97.6 Å². The van der Waals surface area contributed by atoms with Crippen molar-refractivity contribution in [2.75, 3.05) is 12.4 Å². The summed E-state index contributed by atoms with van der Waals surface area (Å²) in [6.45, 7) is 0.231. The molecule has 0 aliphatic rings. The van der Waals surface area contributed by atoms with Gasteiger partial charge in [0, 0.05) is 5.56 Å². The first-order valence-corrected chi connectivity index (χ1v) is 8.48. The third kappa shape index (κ3) is 4.45.